The minimum atomic E-state index is -0.353. The quantitative estimate of drug-likeness (QED) is 0.820. The number of benzene rings is 1. The largest absolute Gasteiger partial charge is 0.507 e. The molecule has 1 amide bonds. The van der Waals surface area contributed by atoms with E-state index >= 15 is 0 Å². The summed E-state index contributed by atoms with van der Waals surface area (Å²) in [4.78, 5) is 11.6. The summed E-state index contributed by atoms with van der Waals surface area (Å²) in [5.74, 6) is -0.485. The normalized spacial score (nSPS) is 12.2. The van der Waals surface area contributed by atoms with Crippen LogP contribution in [0.5, 0.6) is 5.75 Å². The number of carbonyl (C=O) groups is 1. The van der Waals surface area contributed by atoms with E-state index in [9.17, 15) is 9.90 Å². The first-order valence-electron chi connectivity index (χ1n) is 4.95. The van der Waals surface area contributed by atoms with Crippen LogP contribution in [0.15, 0.2) is 18.2 Å². The summed E-state index contributed by atoms with van der Waals surface area (Å²) >= 11 is 11.5. The molecule has 0 saturated heterocycles. The predicted octanol–water partition coefficient (Wildman–Crippen LogP) is 2.79. The van der Waals surface area contributed by atoms with E-state index in [0.717, 1.165) is 6.42 Å². The van der Waals surface area contributed by atoms with Crippen LogP contribution in [0.3, 0.4) is 0 Å². The van der Waals surface area contributed by atoms with Crippen LogP contribution in [0, 0.1) is 0 Å². The lowest BCUT2D eigenvalue weighted by atomic mass is 10.2. The van der Waals surface area contributed by atoms with Crippen LogP contribution in [0.25, 0.3) is 0 Å². The van der Waals surface area contributed by atoms with Crippen LogP contribution >= 0.6 is 23.2 Å². The number of halogens is 2. The van der Waals surface area contributed by atoms with Crippen molar-refractivity contribution in [3.8, 4) is 5.75 Å². The van der Waals surface area contributed by atoms with Crippen molar-refractivity contribution in [1.82, 2.24) is 5.32 Å². The average molecular weight is 262 g/mol. The first kappa shape index (κ1) is 13.1. The van der Waals surface area contributed by atoms with Crippen LogP contribution in [0.1, 0.15) is 23.7 Å². The molecule has 1 aromatic rings. The molecule has 0 aliphatic heterocycles. The SMILES string of the molecule is CCC(Cl)CNC(=O)c1ccc(Cl)cc1O. The van der Waals surface area contributed by atoms with E-state index in [1.165, 1.54) is 12.1 Å². The highest BCUT2D eigenvalue weighted by Gasteiger charge is 2.12. The Morgan fingerprint density at radius 2 is 2.25 bits per heavy atom. The van der Waals surface area contributed by atoms with Crippen molar-refractivity contribution in [3.63, 3.8) is 0 Å². The fourth-order valence-corrected chi connectivity index (χ4v) is 1.38. The molecule has 0 saturated carbocycles. The van der Waals surface area contributed by atoms with Crippen molar-refractivity contribution in [2.75, 3.05) is 6.54 Å². The second-order valence-electron chi connectivity index (χ2n) is 3.38. The molecule has 88 valence electrons. The van der Waals surface area contributed by atoms with Gasteiger partial charge in [0, 0.05) is 11.6 Å². The maximum absolute atomic E-state index is 11.6. The fraction of sp³-hybridized carbons (Fsp3) is 0.364. The first-order valence-corrected chi connectivity index (χ1v) is 5.76. The van der Waals surface area contributed by atoms with Gasteiger partial charge in [0.2, 0.25) is 0 Å². The summed E-state index contributed by atoms with van der Waals surface area (Å²) in [6, 6.07) is 4.35. The number of amides is 1. The molecular formula is C11H13Cl2NO2. The number of phenols is 1. The van der Waals surface area contributed by atoms with Gasteiger partial charge in [0.25, 0.3) is 5.91 Å². The van der Waals surface area contributed by atoms with E-state index in [4.69, 9.17) is 23.2 Å². The van der Waals surface area contributed by atoms with Gasteiger partial charge in [-0.15, -0.1) is 11.6 Å². The van der Waals surface area contributed by atoms with Crippen molar-refractivity contribution < 1.29 is 9.90 Å². The Bertz CT molecular complexity index is 382. The second-order valence-corrected chi connectivity index (χ2v) is 4.43. The lowest BCUT2D eigenvalue weighted by Crippen LogP contribution is -2.29. The summed E-state index contributed by atoms with van der Waals surface area (Å²) in [6.07, 6.45) is 0.772. The number of hydrogen-bond donors (Lipinski definition) is 2. The maximum atomic E-state index is 11.6. The number of hydrogen-bond acceptors (Lipinski definition) is 2. The molecule has 0 bridgehead atoms. The summed E-state index contributed by atoms with van der Waals surface area (Å²) in [7, 11) is 0. The van der Waals surface area contributed by atoms with Crippen molar-refractivity contribution in [1.29, 1.82) is 0 Å². The van der Waals surface area contributed by atoms with Gasteiger partial charge in [-0.2, -0.15) is 0 Å². The van der Waals surface area contributed by atoms with E-state index in [2.05, 4.69) is 5.32 Å². The van der Waals surface area contributed by atoms with Gasteiger partial charge < -0.3 is 10.4 Å². The Labute approximate surface area is 104 Å². The highest BCUT2D eigenvalue weighted by Crippen LogP contribution is 2.21. The average Bonchev–Trinajstić information content (AvgIpc) is 2.25. The molecule has 3 nitrogen and oxygen atoms in total. The van der Waals surface area contributed by atoms with Crippen molar-refractivity contribution >= 4 is 29.1 Å². The van der Waals surface area contributed by atoms with E-state index in [1.54, 1.807) is 6.07 Å². The van der Waals surface area contributed by atoms with Gasteiger partial charge in [-0.25, -0.2) is 0 Å². The highest BCUT2D eigenvalue weighted by atomic mass is 35.5. The van der Waals surface area contributed by atoms with Crippen LogP contribution in [0.4, 0.5) is 0 Å². The Morgan fingerprint density at radius 1 is 1.56 bits per heavy atom. The van der Waals surface area contributed by atoms with Gasteiger partial charge in [0.1, 0.15) is 5.75 Å². The number of alkyl halides is 1. The molecule has 0 aliphatic rings. The third-order valence-electron chi connectivity index (χ3n) is 2.13. The molecule has 0 spiro atoms. The molecule has 1 unspecified atom stereocenters. The van der Waals surface area contributed by atoms with Gasteiger partial charge in [0.05, 0.1) is 10.9 Å². The van der Waals surface area contributed by atoms with Crippen LogP contribution < -0.4 is 5.32 Å². The van der Waals surface area contributed by atoms with Crippen LogP contribution in [0.2, 0.25) is 5.02 Å². The molecule has 0 radical (unpaired) electrons. The highest BCUT2D eigenvalue weighted by molar-refractivity contribution is 6.30. The van der Waals surface area contributed by atoms with E-state index in [-0.39, 0.29) is 22.6 Å². The molecule has 0 heterocycles. The Morgan fingerprint density at radius 3 is 2.81 bits per heavy atom. The molecule has 0 aromatic heterocycles. The topological polar surface area (TPSA) is 49.3 Å². The zero-order valence-corrected chi connectivity index (χ0v) is 10.3. The third kappa shape index (κ3) is 3.58. The van der Waals surface area contributed by atoms with E-state index in [1.807, 2.05) is 6.92 Å². The Hall–Kier alpha value is -0.930. The summed E-state index contributed by atoms with van der Waals surface area (Å²) in [6.45, 7) is 2.31. The van der Waals surface area contributed by atoms with Gasteiger partial charge >= 0.3 is 0 Å². The number of phenolic OH excluding ortho intramolecular Hbond substituents is 1. The zero-order valence-electron chi connectivity index (χ0n) is 8.84. The smallest absolute Gasteiger partial charge is 0.255 e. The lowest BCUT2D eigenvalue weighted by Gasteiger charge is -2.09. The molecule has 5 heteroatoms. The predicted molar refractivity (Wildman–Crippen MR) is 65.4 cm³/mol. The van der Waals surface area contributed by atoms with Crippen molar-refractivity contribution in [2.24, 2.45) is 0 Å². The van der Waals surface area contributed by atoms with Gasteiger partial charge in [-0.3, -0.25) is 4.79 Å². The zero-order chi connectivity index (χ0) is 12.1. The summed E-state index contributed by atoms with van der Waals surface area (Å²) in [5, 5.41) is 12.4. The third-order valence-corrected chi connectivity index (χ3v) is 2.83. The first-order chi connectivity index (χ1) is 7.54. The number of aromatic hydroxyl groups is 1. The molecule has 1 aromatic carbocycles. The summed E-state index contributed by atoms with van der Waals surface area (Å²) < 4.78 is 0. The molecule has 1 rings (SSSR count). The van der Waals surface area contributed by atoms with Crippen molar-refractivity contribution in [3.05, 3.63) is 28.8 Å². The number of nitrogens with one attached hydrogen (secondary N) is 1. The van der Waals surface area contributed by atoms with Crippen LogP contribution in [-0.2, 0) is 0 Å². The second kappa shape index (κ2) is 5.97. The monoisotopic (exact) mass is 261 g/mol. The van der Waals surface area contributed by atoms with E-state index < -0.39 is 0 Å². The molecular weight excluding hydrogens is 249 g/mol. The molecule has 0 aliphatic carbocycles. The minimum absolute atomic E-state index is 0.0987. The lowest BCUT2D eigenvalue weighted by molar-refractivity contribution is 0.0951. The number of rotatable bonds is 4. The Kier molecular flexibility index (Phi) is 4.90. The minimum Gasteiger partial charge on any atom is -0.507 e. The molecule has 0 fully saturated rings. The van der Waals surface area contributed by atoms with Gasteiger partial charge in [0.15, 0.2) is 0 Å². The fourth-order valence-electron chi connectivity index (χ4n) is 1.14. The van der Waals surface area contributed by atoms with Gasteiger partial charge in [-0.1, -0.05) is 18.5 Å². The Balaban J connectivity index is 2.66. The summed E-state index contributed by atoms with van der Waals surface area (Å²) in [5.41, 5.74) is 0.198. The van der Waals surface area contributed by atoms with Gasteiger partial charge in [-0.05, 0) is 24.6 Å². The molecule has 1 atom stereocenters. The van der Waals surface area contributed by atoms with Crippen molar-refractivity contribution in [2.45, 2.75) is 18.7 Å². The maximum Gasteiger partial charge on any atom is 0.255 e. The molecule has 2 N–H and O–H groups in total. The van der Waals surface area contributed by atoms with Crippen LogP contribution in [-0.4, -0.2) is 22.9 Å². The standard InChI is InChI=1S/C11H13Cl2NO2/c1-2-7(12)6-14-11(16)9-4-3-8(13)5-10(9)15/h3-5,7,15H,2,6H2,1H3,(H,14,16). The molecule has 16 heavy (non-hydrogen) atoms. The van der Waals surface area contributed by atoms with E-state index in [0.29, 0.717) is 11.6 Å². The number of carbonyl (C=O) groups excluding carboxylic acids is 1.